The van der Waals surface area contributed by atoms with Crippen LogP contribution in [0.5, 0.6) is 0 Å². The van der Waals surface area contributed by atoms with E-state index in [0.717, 1.165) is 21.9 Å². The van der Waals surface area contributed by atoms with Gasteiger partial charge < -0.3 is 14.7 Å². The van der Waals surface area contributed by atoms with Crippen LogP contribution in [0.4, 0.5) is 5.69 Å². The SMILES string of the molecule is Cc1ccc(NCC(=O)N/N=C\c2ccc(Sc3nc4ccccc4[nH]3)o2)cc1C. The minimum Gasteiger partial charge on any atom is -0.448 e. The van der Waals surface area contributed by atoms with Gasteiger partial charge in [-0.2, -0.15) is 5.10 Å². The largest absolute Gasteiger partial charge is 0.448 e. The Bertz CT molecular complexity index is 1180. The number of para-hydroxylation sites is 2. The molecular weight excluding hydrogens is 398 g/mol. The molecule has 4 aromatic rings. The van der Waals surface area contributed by atoms with Gasteiger partial charge in [0.1, 0.15) is 5.76 Å². The standard InChI is InChI=1S/C22H21N5O2S/c1-14-7-8-16(11-15(14)2)23-13-20(28)27-24-12-17-9-10-21(29-17)30-22-25-18-5-3-4-6-19(18)26-22/h3-12,23H,13H2,1-2H3,(H,25,26)(H,27,28)/b24-12-. The molecule has 2 heterocycles. The maximum atomic E-state index is 12.0. The second-order valence-electron chi connectivity index (χ2n) is 6.76. The van der Waals surface area contributed by atoms with E-state index in [1.54, 1.807) is 6.07 Å². The summed E-state index contributed by atoms with van der Waals surface area (Å²) in [5.74, 6) is 0.295. The smallest absolute Gasteiger partial charge is 0.259 e. The number of rotatable bonds is 7. The summed E-state index contributed by atoms with van der Waals surface area (Å²) < 4.78 is 5.71. The molecule has 0 aliphatic carbocycles. The van der Waals surface area contributed by atoms with Crippen LogP contribution in [0.2, 0.25) is 0 Å². The number of carbonyl (C=O) groups excluding carboxylic acids is 1. The fourth-order valence-corrected chi connectivity index (χ4v) is 3.54. The minimum atomic E-state index is -0.243. The number of hydrogen-bond donors (Lipinski definition) is 3. The molecule has 2 aromatic heterocycles. The van der Waals surface area contributed by atoms with E-state index < -0.39 is 0 Å². The number of nitrogens with one attached hydrogen (secondary N) is 3. The van der Waals surface area contributed by atoms with Gasteiger partial charge in [-0.25, -0.2) is 10.4 Å². The van der Waals surface area contributed by atoms with Gasteiger partial charge in [0.15, 0.2) is 10.2 Å². The van der Waals surface area contributed by atoms with Crippen molar-refractivity contribution in [2.45, 2.75) is 24.1 Å². The number of furan rings is 1. The van der Waals surface area contributed by atoms with Gasteiger partial charge >= 0.3 is 0 Å². The first kappa shape index (κ1) is 19.8. The Morgan fingerprint density at radius 2 is 2.03 bits per heavy atom. The van der Waals surface area contributed by atoms with Crippen molar-refractivity contribution in [1.29, 1.82) is 0 Å². The molecule has 0 saturated heterocycles. The monoisotopic (exact) mass is 419 g/mol. The van der Waals surface area contributed by atoms with Gasteiger partial charge in [-0.3, -0.25) is 4.79 Å². The zero-order valence-corrected chi connectivity index (χ0v) is 17.4. The van der Waals surface area contributed by atoms with E-state index in [1.807, 2.05) is 55.5 Å². The topological polar surface area (TPSA) is 95.3 Å². The maximum absolute atomic E-state index is 12.0. The number of H-pyrrole nitrogens is 1. The summed E-state index contributed by atoms with van der Waals surface area (Å²) in [5, 5.41) is 8.46. The van der Waals surface area contributed by atoms with Gasteiger partial charge in [0.2, 0.25) is 0 Å². The number of imidazole rings is 1. The van der Waals surface area contributed by atoms with E-state index in [0.29, 0.717) is 10.9 Å². The average molecular weight is 420 g/mol. The third-order valence-electron chi connectivity index (χ3n) is 4.51. The van der Waals surface area contributed by atoms with Crippen molar-refractivity contribution < 1.29 is 9.21 Å². The van der Waals surface area contributed by atoms with Crippen LogP contribution in [0.3, 0.4) is 0 Å². The summed E-state index contributed by atoms with van der Waals surface area (Å²) in [4.78, 5) is 19.7. The molecule has 0 atom stereocenters. The second-order valence-corrected chi connectivity index (χ2v) is 7.76. The molecule has 3 N–H and O–H groups in total. The van der Waals surface area contributed by atoms with Crippen LogP contribution in [0.1, 0.15) is 16.9 Å². The van der Waals surface area contributed by atoms with Crippen LogP contribution in [0, 0.1) is 13.8 Å². The number of carbonyl (C=O) groups is 1. The van der Waals surface area contributed by atoms with E-state index >= 15 is 0 Å². The number of amides is 1. The Labute approximate surface area is 178 Å². The Balaban J connectivity index is 1.27. The number of anilines is 1. The van der Waals surface area contributed by atoms with E-state index in [9.17, 15) is 4.79 Å². The van der Waals surface area contributed by atoms with Gasteiger partial charge in [-0.15, -0.1) is 0 Å². The highest BCUT2D eigenvalue weighted by molar-refractivity contribution is 7.99. The summed E-state index contributed by atoms with van der Waals surface area (Å²) >= 11 is 1.39. The van der Waals surface area contributed by atoms with Crippen molar-refractivity contribution in [3.05, 3.63) is 71.5 Å². The van der Waals surface area contributed by atoms with E-state index in [-0.39, 0.29) is 12.5 Å². The molecule has 7 nitrogen and oxygen atoms in total. The molecule has 8 heteroatoms. The first-order valence-corrected chi connectivity index (χ1v) is 10.2. The number of aromatic nitrogens is 2. The molecule has 0 radical (unpaired) electrons. The van der Waals surface area contributed by atoms with Gasteiger partial charge in [0.05, 0.1) is 23.8 Å². The number of fused-ring (bicyclic) bond motifs is 1. The first-order chi connectivity index (χ1) is 14.6. The minimum absolute atomic E-state index is 0.130. The van der Waals surface area contributed by atoms with Crippen LogP contribution in [-0.4, -0.2) is 28.6 Å². The third kappa shape index (κ3) is 4.90. The maximum Gasteiger partial charge on any atom is 0.259 e. The van der Waals surface area contributed by atoms with Crippen LogP contribution in [-0.2, 0) is 4.79 Å². The van der Waals surface area contributed by atoms with E-state index in [4.69, 9.17) is 4.42 Å². The van der Waals surface area contributed by atoms with Gasteiger partial charge in [-0.05, 0) is 73.1 Å². The lowest BCUT2D eigenvalue weighted by molar-refractivity contribution is -0.119. The second kappa shape index (κ2) is 8.87. The highest BCUT2D eigenvalue weighted by Crippen LogP contribution is 2.28. The highest BCUT2D eigenvalue weighted by Gasteiger charge is 2.08. The lowest BCUT2D eigenvalue weighted by atomic mass is 10.1. The van der Waals surface area contributed by atoms with Gasteiger partial charge in [0, 0.05) is 5.69 Å². The van der Waals surface area contributed by atoms with Crippen molar-refractivity contribution in [1.82, 2.24) is 15.4 Å². The van der Waals surface area contributed by atoms with Crippen LogP contribution >= 0.6 is 11.8 Å². The Hall–Kier alpha value is -3.52. The fourth-order valence-electron chi connectivity index (χ4n) is 2.77. The summed E-state index contributed by atoms with van der Waals surface area (Å²) in [7, 11) is 0. The molecule has 0 bridgehead atoms. The van der Waals surface area contributed by atoms with E-state index in [1.165, 1.54) is 29.1 Å². The van der Waals surface area contributed by atoms with Crippen LogP contribution < -0.4 is 10.7 Å². The summed E-state index contributed by atoms with van der Waals surface area (Å²) in [6.45, 7) is 4.22. The first-order valence-electron chi connectivity index (χ1n) is 9.42. The molecular formula is C22H21N5O2S. The number of nitrogens with zero attached hydrogens (tertiary/aromatic N) is 2. The van der Waals surface area contributed by atoms with Crippen molar-refractivity contribution in [2.75, 3.05) is 11.9 Å². The van der Waals surface area contributed by atoms with Gasteiger partial charge in [-0.1, -0.05) is 18.2 Å². The average Bonchev–Trinajstić information content (AvgIpc) is 3.35. The van der Waals surface area contributed by atoms with Gasteiger partial charge in [0.25, 0.3) is 5.91 Å². The lowest BCUT2D eigenvalue weighted by Gasteiger charge is -2.07. The molecule has 0 aliphatic rings. The summed E-state index contributed by atoms with van der Waals surface area (Å²) in [6.07, 6.45) is 1.47. The molecule has 0 aliphatic heterocycles. The number of hydrazone groups is 1. The molecule has 0 saturated carbocycles. The zero-order chi connectivity index (χ0) is 20.9. The van der Waals surface area contributed by atoms with Crippen LogP contribution in [0.15, 0.2) is 74.4 Å². The van der Waals surface area contributed by atoms with E-state index in [2.05, 4.69) is 32.7 Å². The number of aromatic amines is 1. The highest BCUT2D eigenvalue weighted by atomic mass is 32.2. The molecule has 0 unspecified atom stereocenters. The number of benzene rings is 2. The zero-order valence-electron chi connectivity index (χ0n) is 16.6. The van der Waals surface area contributed by atoms with Crippen molar-refractivity contribution >= 4 is 40.6 Å². The Kier molecular flexibility index (Phi) is 5.85. The molecule has 152 valence electrons. The lowest BCUT2D eigenvalue weighted by Crippen LogP contribution is -2.25. The molecule has 0 fully saturated rings. The van der Waals surface area contributed by atoms with Crippen molar-refractivity contribution in [3.8, 4) is 0 Å². The number of hydrogen-bond acceptors (Lipinski definition) is 6. The quantitative estimate of drug-likeness (QED) is 0.303. The summed E-state index contributed by atoms with van der Waals surface area (Å²) in [6, 6.07) is 17.4. The molecule has 2 aromatic carbocycles. The predicted molar refractivity (Wildman–Crippen MR) is 119 cm³/mol. The normalized spacial score (nSPS) is 11.3. The molecule has 30 heavy (non-hydrogen) atoms. The van der Waals surface area contributed by atoms with Crippen molar-refractivity contribution in [3.63, 3.8) is 0 Å². The third-order valence-corrected chi connectivity index (χ3v) is 5.32. The molecule has 1 amide bonds. The van der Waals surface area contributed by atoms with Crippen LogP contribution in [0.25, 0.3) is 11.0 Å². The fraction of sp³-hybridized carbons (Fsp3) is 0.136. The molecule has 4 rings (SSSR count). The molecule has 0 spiro atoms. The predicted octanol–water partition coefficient (Wildman–Crippen LogP) is 4.49. The van der Waals surface area contributed by atoms with Crippen molar-refractivity contribution in [2.24, 2.45) is 5.10 Å². The summed E-state index contributed by atoms with van der Waals surface area (Å²) in [5.41, 5.74) is 7.66. The Morgan fingerprint density at radius 3 is 2.87 bits per heavy atom. The Morgan fingerprint density at radius 1 is 1.17 bits per heavy atom. The number of aryl methyl sites for hydroxylation is 2.